The van der Waals surface area contributed by atoms with Crippen molar-refractivity contribution in [3.63, 3.8) is 0 Å². The van der Waals surface area contributed by atoms with Crippen LogP contribution in [0.5, 0.6) is 0 Å². The number of aromatic amines is 1. The Morgan fingerprint density at radius 1 is 1.30 bits per heavy atom. The van der Waals surface area contributed by atoms with Gasteiger partial charge in [-0.05, 0) is 30.3 Å². The molecule has 1 saturated heterocycles. The number of fused-ring (bicyclic) bond motifs is 1. The topological polar surface area (TPSA) is 105 Å². The minimum Gasteiger partial charge on any atom is -0.378 e. The molecule has 4 rings (SSSR count). The number of hydrogen-bond acceptors (Lipinski definition) is 6. The smallest absolute Gasteiger partial charge is 0.133 e. The summed E-state index contributed by atoms with van der Waals surface area (Å²) < 4.78 is 5.42. The molecule has 3 aromatic rings. The van der Waals surface area contributed by atoms with E-state index in [1.165, 1.54) is 4.90 Å². The van der Waals surface area contributed by atoms with Gasteiger partial charge in [0, 0.05) is 44.3 Å². The second-order valence-electron chi connectivity index (χ2n) is 6.42. The van der Waals surface area contributed by atoms with Crippen molar-refractivity contribution in [2.75, 3.05) is 38.3 Å². The maximum atomic E-state index is 8.22. The maximum absolute atomic E-state index is 8.22. The maximum Gasteiger partial charge on any atom is 0.133 e. The molecule has 8 nitrogen and oxygen atoms in total. The molecule has 1 aliphatic rings. The zero-order chi connectivity index (χ0) is 18.8. The van der Waals surface area contributed by atoms with Crippen molar-refractivity contribution in [1.29, 1.82) is 10.8 Å². The molecule has 140 valence electrons. The third-order valence-electron chi connectivity index (χ3n) is 4.74. The first-order valence-electron chi connectivity index (χ1n) is 8.77. The Balaban J connectivity index is 0.00000225. The molecule has 0 saturated carbocycles. The fraction of sp³-hybridized carbons (Fsp3) is 0.263. The van der Waals surface area contributed by atoms with Crippen LogP contribution in [0.3, 0.4) is 0 Å². The normalized spacial score (nSPS) is 14.3. The van der Waals surface area contributed by atoms with Gasteiger partial charge in [-0.15, -0.1) is 0 Å². The van der Waals surface area contributed by atoms with Gasteiger partial charge in [-0.2, -0.15) is 5.10 Å². The van der Waals surface area contributed by atoms with Crippen molar-refractivity contribution in [2.24, 2.45) is 0 Å². The van der Waals surface area contributed by atoms with Gasteiger partial charge in [-0.25, -0.2) is 4.98 Å². The number of aromatic nitrogens is 3. The van der Waals surface area contributed by atoms with Crippen LogP contribution in [-0.4, -0.2) is 65.6 Å². The van der Waals surface area contributed by atoms with E-state index < -0.39 is 0 Å². The van der Waals surface area contributed by atoms with E-state index in [9.17, 15) is 0 Å². The van der Waals surface area contributed by atoms with Gasteiger partial charge in [0.1, 0.15) is 17.3 Å². The van der Waals surface area contributed by atoms with E-state index in [0.29, 0.717) is 13.2 Å². The summed E-state index contributed by atoms with van der Waals surface area (Å²) in [5, 5.41) is 24.1. The fourth-order valence-corrected chi connectivity index (χ4v) is 3.18. The second kappa shape index (κ2) is 7.16. The van der Waals surface area contributed by atoms with Gasteiger partial charge >= 0.3 is 0 Å². The molecular weight excluding hydrogens is 342 g/mol. The summed E-state index contributed by atoms with van der Waals surface area (Å²) in [6.45, 7) is 3.08. The molecule has 0 spiro atoms. The van der Waals surface area contributed by atoms with Crippen molar-refractivity contribution in [1.82, 2.24) is 20.1 Å². The van der Waals surface area contributed by atoms with E-state index in [4.69, 9.17) is 15.6 Å². The van der Waals surface area contributed by atoms with E-state index in [1.54, 1.807) is 13.2 Å². The molecule has 1 aromatic carbocycles. The summed E-state index contributed by atoms with van der Waals surface area (Å²) in [5.41, 5.74) is 3.44. The summed E-state index contributed by atoms with van der Waals surface area (Å²) in [7, 11) is 1.69. The van der Waals surface area contributed by atoms with Gasteiger partial charge in [-0.3, -0.25) is 15.9 Å². The van der Waals surface area contributed by atoms with E-state index in [1.807, 2.05) is 30.3 Å². The van der Waals surface area contributed by atoms with Gasteiger partial charge < -0.3 is 14.5 Å². The van der Waals surface area contributed by atoms with Crippen LogP contribution in [0.2, 0.25) is 0 Å². The molecule has 3 heterocycles. The van der Waals surface area contributed by atoms with Crippen LogP contribution in [0.1, 0.15) is 6.99 Å². The standard InChI is InChI=1S/C19H21N7O.H2/c1-25(12-20)19(21)14-2-3-16-15(10-14)18(24-23-16)13-4-5-22-17(11-13)26-6-8-27-9-7-26;/h2-5,10-12,20-21H,6-9H2,1H3,(H,23,24);1H. The number of pyridine rings is 1. The van der Waals surface area contributed by atoms with Gasteiger partial charge in [0.25, 0.3) is 0 Å². The Kier molecular flexibility index (Phi) is 4.55. The quantitative estimate of drug-likeness (QED) is 0.487. The molecule has 0 bridgehead atoms. The number of ether oxygens (including phenoxy) is 1. The fourth-order valence-electron chi connectivity index (χ4n) is 3.18. The highest BCUT2D eigenvalue weighted by atomic mass is 16.5. The molecule has 0 amide bonds. The highest BCUT2D eigenvalue weighted by molar-refractivity contribution is 6.05. The highest BCUT2D eigenvalue weighted by Crippen LogP contribution is 2.29. The van der Waals surface area contributed by atoms with Crippen molar-refractivity contribution in [3.05, 3.63) is 42.1 Å². The lowest BCUT2D eigenvalue weighted by atomic mass is 10.1. The lowest BCUT2D eigenvalue weighted by Crippen LogP contribution is -2.36. The molecule has 1 fully saturated rings. The SMILES string of the molecule is CN(C=N)C(=N)c1ccc2[nH]nc(-c3ccnc(N4CCOCC4)c3)c2c1.[HH]. The molecular formula is C19H23N7O. The monoisotopic (exact) mass is 365 g/mol. The number of rotatable bonds is 4. The predicted molar refractivity (Wildman–Crippen MR) is 108 cm³/mol. The van der Waals surface area contributed by atoms with E-state index in [-0.39, 0.29) is 7.26 Å². The molecule has 2 aromatic heterocycles. The van der Waals surface area contributed by atoms with Crippen LogP contribution in [-0.2, 0) is 4.74 Å². The van der Waals surface area contributed by atoms with Crippen LogP contribution >= 0.6 is 0 Å². The van der Waals surface area contributed by atoms with Crippen LogP contribution in [0.25, 0.3) is 22.2 Å². The molecule has 0 unspecified atom stereocenters. The third-order valence-corrected chi connectivity index (χ3v) is 4.74. The van der Waals surface area contributed by atoms with Gasteiger partial charge in [0.15, 0.2) is 0 Å². The lowest BCUT2D eigenvalue weighted by molar-refractivity contribution is 0.122. The molecule has 3 N–H and O–H groups in total. The first-order valence-corrected chi connectivity index (χ1v) is 8.77. The Morgan fingerprint density at radius 3 is 2.89 bits per heavy atom. The Labute approximate surface area is 158 Å². The van der Waals surface area contributed by atoms with E-state index in [2.05, 4.69) is 20.1 Å². The summed E-state index contributed by atoms with van der Waals surface area (Å²) in [6, 6.07) is 9.70. The number of morpholine rings is 1. The van der Waals surface area contributed by atoms with Gasteiger partial charge in [0.05, 0.1) is 25.1 Å². The Morgan fingerprint density at radius 2 is 2.11 bits per heavy atom. The molecule has 0 aliphatic carbocycles. The van der Waals surface area contributed by atoms with E-state index in [0.717, 1.165) is 53.0 Å². The molecule has 27 heavy (non-hydrogen) atoms. The highest BCUT2D eigenvalue weighted by Gasteiger charge is 2.16. The molecule has 1 aliphatic heterocycles. The molecule has 0 atom stereocenters. The third kappa shape index (κ3) is 3.26. The van der Waals surface area contributed by atoms with Crippen LogP contribution in [0, 0.1) is 10.8 Å². The Bertz CT molecular complexity index is 997. The van der Waals surface area contributed by atoms with Crippen LogP contribution in [0.15, 0.2) is 36.5 Å². The molecule has 8 heteroatoms. The van der Waals surface area contributed by atoms with E-state index >= 15 is 0 Å². The summed E-state index contributed by atoms with van der Waals surface area (Å²) in [4.78, 5) is 8.17. The number of amidine groups is 1. The van der Waals surface area contributed by atoms with Gasteiger partial charge in [0.2, 0.25) is 0 Å². The number of benzene rings is 1. The summed E-state index contributed by atoms with van der Waals surface area (Å²) in [6.07, 6.45) is 2.93. The number of nitrogens with one attached hydrogen (secondary N) is 3. The summed E-state index contributed by atoms with van der Waals surface area (Å²) >= 11 is 0. The van der Waals surface area contributed by atoms with Crippen molar-refractivity contribution < 1.29 is 6.16 Å². The van der Waals surface area contributed by atoms with Crippen LogP contribution in [0.4, 0.5) is 5.82 Å². The zero-order valence-corrected chi connectivity index (χ0v) is 15.1. The van der Waals surface area contributed by atoms with Crippen molar-refractivity contribution >= 4 is 28.9 Å². The molecule has 0 radical (unpaired) electrons. The minimum atomic E-state index is 0. The van der Waals surface area contributed by atoms with Gasteiger partial charge in [-0.1, -0.05) is 0 Å². The average molecular weight is 365 g/mol. The average Bonchev–Trinajstić information content (AvgIpc) is 3.16. The predicted octanol–water partition coefficient (Wildman–Crippen LogP) is 2.57. The Hall–Kier alpha value is -3.26. The lowest BCUT2D eigenvalue weighted by Gasteiger charge is -2.27. The van der Waals surface area contributed by atoms with Crippen molar-refractivity contribution in [3.8, 4) is 11.3 Å². The zero-order valence-electron chi connectivity index (χ0n) is 15.1. The number of hydrogen-bond donors (Lipinski definition) is 3. The second-order valence-corrected chi connectivity index (χ2v) is 6.42. The summed E-state index contributed by atoms with van der Waals surface area (Å²) in [5.74, 6) is 1.18. The van der Waals surface area contributed by atoms with Crippen LogP contribution < -0.4 is 4.90 Å². The number of nitrogens with zero attached hydrogens (tertiary/aromatic N) is 4. The van der Waals surface area contributed by atoms with Crippen molar-refractivity contribution in [2.45, 2.75) is 0 Å². The largest absolute Gasteiger partial charge is 0.378 e. The number of anilines is 1. The first-order chi connectivity index (χ1) is 13.2. The minimum absolute atomic E-state index is 0. The number of H-pyrrole nitrogens is 1. The first kappa shape index (κ1) is 17.2.